The van der Waals surface area contributed by atoms with Gasteiger partial charge in [0.2, 0.25) is 0 Å². The number of nitrogens with one attached hydrogen (secondary N) is 1. The number of carbonyl (C=O) groups is 1. The molecule has 1 heterocycles. The van der Waals surface area contributed by atoms with Crippen molar-refractivity contribution in [3.8, 4) is 0 Å². The molecule has 0 aliphatic carbocycles. The summed E-state index contributed by atoms with van der Waals surface area (Å²) in [4.78, 5) is 11.9. The second-order valence-corrected chi connectivity index (χ2v) is 7.97. The van der Waals surface area contributed by atoms with Gasteiger partial charge in [-0.05, 0) is 30.8 Å². The van der Waals surface area contributed by atoms with Gasteiger partial charge in [-0.25, -0.2) is 4.79 Å². The monoisotopic (exact) mass is 409 g/mol. The molecule has 1 fully saturated rings. The molecule has 1 aromatic rings. The molecule has 3 nitrogen and oxygen atoms in total. The van der Waals surface area contributed by atoms with E-state index in [2.05, 4.69) is 37.2 Å². The van der Waals surface area contributed by atoms with Crippen molar-refractivity contribution in [2.24, 2.45) is 0 Å². The van der Waals surface area contributed by atoms with Gasteiger partial charge in [0.25, 0.3) is 0 Å². The average molecular weight is 412 g/mol. The summed E-state index contributed by atoms with van der Waals surface area (Å²) in [5.74, 6) is -0.308. The van der Waals surface area contributed by atoms with Gasteiger partial charge in [-0.2, -0.15) is 0 Å². The third kappa shape index (κ3) is 3.72. The molecule has 19 heavy (non-hydrogen) atoms. The van der Waals surface area contributed by atoms with Crippen LogP contribution in [-0.2, 0) is 15.1 Å². The van der Waals surface area contributed by atoms with Crippen molar-refractivity contribution in [3.63, 3.8) is 0 Å². The Hall–Kier alpha value is -0.100. The van der Waals surface area contributed by atoms with Gasteiger partial charge in [0.1, 0.15) is 5.60 Å². The third-order valence-electron chi connectivity index (χ3n) is 3.26. The van der Waals surface area contributed by atoms with E-state index < -0.39 is 9.34 Å². The van der Waals surface area contributed by atoms with Crippen LogP contribution < -0.4 is 5.32 Å². The summed E-state index contributed by atoms with van der Waals surface area (Å²) in [7, 11) is 0. The third-order valence-corrected chi connectivity index (χ3v) is 4.26. The van der Waals surface area contributed by atoms with E-state index in [9.17, 15) is 4.79 Å². The van der Waals surface area contributed by atoms with E-state index in [1.807, 2.05) is 24.3 Å². The topological polar surface area (TPSA) is 38.3 Å². The first-order valence-corrected chi connectivity index (χ1v) is 8.22. The maximum absolute atomic E-state index is 11.9. The highest BCUT2D eigenvalue weighted by Crippen LogP contribution is 2.36. The Kier molecular flexibility index (Phi) is 5.29. The van der Waals surface area contributed by atoms with Crippen LogP contribution in [0.3, 0.4) is 0 Å². The molecule has 0 atom stereocenters. The van der Waals surface area contributed by atoms with Crippen molar-refractivity contribution in [2.75, 3.05) is 13.1 Å². The molecule has 0 radical (unpaired) electrons. The summed E-state index contributed by atoms with van der Waals surface area (Å²) in [6, 6.07) is 7.51. The minimum atomic E-state index is -0.563. The van der Waals surface area contributed by atoms with Crippen LogP contribution in [0.2, 0.25) is 5.02 Å². The number of carbonyl (C=O) groups excluding carboxylic acids is 1. The van der Waals surface area contributed by atoms with Crippen LogP contribution in [0.5, 0.6) is 0 Å². The number of rotatable bonds is 3. The van der Waals surface area contributed by atoms with Gasteiger partial charge in [0.05, 0.1) is 0 Å². The summed E-state index contributed by atoms with van der Waals surface area (Å²) in [5, 5.41) is 3.96. The number of hydrogen-bond acceptors (Lipinski definition) is 3. The number of piperidine rings is 1. The summed E-state index contributed by atoms with van der Waals surface area (Å²) in [5.41, 5.74) is 0.430. The Bertz CT molecular complexity index is 444. The first-order valence-electron chi connectivity index (χ1n) is 6.01. The molecule has 0 spiro atoms. The van der Waals surface area contributed by atoms with E-state index in [0.29, 0.717) is 5.02 Å². The summed E-state index contributed by atoms with van der Waals surface area (Å²) in [6.07, 6.45) is 1.51. The maximum Gasteiger partial charge on any atom is 0.331 e. The molecule has 0 bridgehead atoms. The second kappa shape index (κ2) is 6.57. The standard InChI is InChI=1S/C13H14Br2ClNO2/c14-11(15)12(18)19-13(5-7-17-8-6-13)9-1-3-10(16)4-2-9/h1-4,11,17H,5-8H2. The molecule has 0 amide bonds. The van der Waals surface area contributed by atoms with Gasteiger partial charge in [0.15, 0.2) is 3.74 Å². The van der Waals surface area contributed by atoms with Gasteiger partial charge in [-0.3, -0.25) is 0 Å². The lowest BCUT2D eigenvalue weighted by atomic mass is 9.85. The van der Waals surface area contributed by atoms with Crippen LogP contribution in [-0.4, -0.2) is 22.8 Å². The van der Waals surface area contributed by atoms with Crippen molar-refractivity contribution >= 4 is 49.4 Å². The summed E-state index contributed by atoms with van der Waals surface area (Å²) in [6.45, 7) is 1.65. The van der Waals surface area contributed by atoms with Gasteiger partial charge in [-0.15, -0.1) is 0 Å². The largest absolute Gasteiger partial charge is 0.453 e. The van der Waals surface area contributed by atoms with Crippen molar-refractivity contribution in [3.05, 3.63) is 34.9 Å². The molecule has 1 N–H and O–H groups in total. The van der Waals surface area contributed by atoms with Crippen LogP contribution >= 0.6 is 43.5 Å². The zero-order chi connectivity index (χ0) is 13.9. The van der Waals surface area contributed by atoms with Crippen LogP contribution in [0.25, 0.3) is 0 Å². The van der Waals surface area contributed by atoms with E-state index in [1.54, 1.807) is 0 Å². The zero-order valence-corrected chi connectivity index (χ0v) is 14.1. The lowest BCUT2D eigenvalue weighted by Crippen LogP contribution is -2.43. The van der Waals surface area contributed by atoms with Gasteiger partial charge >= 0.3 is 5.97 Å². The van der Waals surface area contributed by atoms with Crippen LogP contribution in [0.1, 0.15) is 18.4 Å². The molecular weight excluding hydrogens is 397 g/mol. The Morgan fingerprint density at radius 3 is 2.37 bits per heavy atom. The van der Waals surface area contributed by atoms with E-state index in [0.717, 1.165) is 31.5 Å². The predicted octanol–water partition coefficient (Wildman–Crippen LogP) is 3.58. The first kappa shape index (κ1) is 15.3. The Balaban J connectivity index is 2.28. The summed E-state index contributed by atoms with van der Waals surface area (Å²) < 4.78 is 5.26. The Morgan fingerprint density at radius 2 is 1.84 bits per heavy atom. The number of ether oxygens (including phenoxy) is 1. The number of alkyl halides is 2. The molecule has 104 valence electrons. The quantitative estimate of drug-likeness (QED) is 0.610. The zero-order valence-electron chi connectivity index (χ0n) is 10.2. The number of hydrogen-bond donors (Lipinski definition) is 1. The highest BCUT2D eigenvalue weighted by molar-refractivity contribution is 9.25. The Labute approximate surface area is 134 Å². The molecule has 1 saturated heterocycles. The number of halogens is 3. The molecule has 0 saturated carbocycles. The molecule has 0 unspecified atom stereocenters. The maximum atomic E-state index is 11.9. The van der Waals surface area contributed by atoms with Crippen molar-refractivity contribution in [1.82, 2.24) is 5.32 Å². The normalized spacial score (nSPS) is 18.3. The lowest BCUT2D eigenvalue weighted by molar-refractivity contribution is -0.161. The molecule has 1 aliphatic rings. The van der Waals surface area contributed by atoms with Crippen molar-refractivity contribution in [1.29, 1.82) is 0 Å². The lowest BCUT2D eigenvalue weighted by Gasteiger charge is -2.37. The van der Waals surface area contributed by atoms with Crippen LogP contribution in [0.15, 0.2) is 24.3 Å². The molecular formula is C13H14Br2ClNO2. The minimum Gasteiger partial charge on any atom is -0.453 e. The fourth-order valence-electron chi connectivity index (χ4n) is 2.27. The van der Waals surface area contributed by atoms with Gasteiger partial charge in [0, 0.05) is 17.9 Å². The number of benzene rings is 1. The summed E-state index contributed by atoms with van der Waals surface area (Å²) >= 11 is 12.3. The van der Waals surface area contributed by atoms with E-state index in [4.69, 9.17) is 16.3 Å². The predicted molar refractivity (Wildman–Crippen MR) is 83.0 cm³/mol. The molecule has 2 rings (SSSR count). The van der Waals surface area contributed by atoms with E-state index in [-0.39, 0.29) is 5.97 Å². The van der Waals surface area contributed by atoms with Crippen LogP contribution in [0.4, 0.5) is 0 Å². The van der Waals surface area contributed by atoms with Gasteiger partial charge in [-0.1, -0.05) is 55.6 Å². The second-order valence-electron chi connectivity index (χ2n) is 4.47. The highest BCUT2D eigenvalue weighted by Gasteiger charge is 2.38. The molecule has 1 aliphatic heterocycles. The van der Waals surface area contributed by atoms with E-state index >= 15 is 0 Å². The smallest absolute Gasteiger partial charge is 0.331 e. The van der Waals surface area contributed by atoms with E-state index in [1.165, 1.54) is 0 Å². The molecule has 1 aromatic carbocycles. The fraction of sp³-hybridized carbons (Fsp3) is 0.462. The Morgan fingerprint density at radius 1 is 1.26 bits per heavy atom. The van der Waals surface area contributed by atoms with Crippen molar-refractivity contribution in [2.45, 2.75) is 22.2 Å². The fourth-order valence-corrected chi connectivity index (χ4v) is 2.58. The number of esters is 1. The highest BCUT2D eigenvalue weighted by atomic mass is 79.9. The van der Waals surface area contributed by atoms with Crippen LogP contribution in [0, 0.1) is 0 Å². The SMILES string of the molecule is O=C(OC1(c2ccc(Cl)cc2)CCNCC1)C(Br)Br. The van der Waals surface area contributed by atoms with Crippen molar-refractivity contribution < 1.29 is 9.53 Å². The van der Waals surface area contributed by atoms with Gasteiger partial charge < -0.3 is 10.1 Å². The molecule has 0 aromatic heterocycles. The minimum absolute atomic E-state index is 0.308. The average Bonchev–Trinajstić information content (AvgIpc) is 2.40. The molecule has 6 heteroatoms. The first-order chi connectivity index (χ1) is 9.03.